The Labute approximate surface area is 192 Å². The Morgan fingerprint density at radius 1 is 1.16 bits per heavy atom. The number of benzene rings is 1. The Morgan fingerprint density at radius 2 is 1.84 bits per heavy atom. The summed E-state index contributed by atoms with van der Waals surface area (Å²) in [4.78, 5) is 36.3. The smallest absolute Gasteiger partial charge is 0.407 e. The summed E-state index contributed by atoms with van der Waals surface area (Å²) in [7, 11) is 0. The average molecular weight is 464 g/mol. The summed E-state index contributed by atoms with van der Waals surface area (Å²) >= 11 is 6.35. The zero-order valence-electron chi connectivity index (χ0n) is 19.0. The Hall–Kier alpha value is -2.54. The summed E-state index contributed by atoms with van der Waals surface area (Å²) < 4.78 is 16.1. The number of rotatable bonds is 5. The van der Waals surface area contributed by atoms with Gasteiger partial charge in [-0.05, 0) is 70.4 Å². The molecule has 3 rings (SSSR count). The molecule has 1 saturated carbocycles. The van der Waals surface area contributed by atoms with Gasteiger partial charge in [-0.2, -0.15) is 0 Å². The molecule has 174 valence electrons. The van der Waals surface area contributed by atoms with Gasteiger partial charge in [0.15, 0.2) is 5.75 Å². The van der Waals surface area contributed by atoms with Crippen LogP contribution in [0.2, 0.25) is 5.02 Å². The van der Waals surface area contributed by atoms with Crippen molar-refractivity contribution in [3.05, 3.63) is 39.2 Å². The van der Waals surface area contributed by atoms with Crippen molar-refractivity contribution >= 4 is 34.6 Å². The molecule has 1 fully saturated rings. The molecule has 1 aliphatic rings. The van der Waals surface area contributed by atoms with E-state index >= 15 is 0 Å². The fourth-order valence-electron chi connectivity index (χ4n) is 3.93. The van der Waals surface area contributed by atoms with Crippen molar-refractivity contribution in [3.8, 4) is 5.75 Å². The number of amides is 1. The first-order valence-corrected chi connectivity index (χ1v) is 11.4. The van der Waals surface area contributed by atoms with Gasteiger partial charge in [0, 0.05) is 24.1 Å². The molecule has 32 heavy (non-hydrogen) atoms. The summed E-state index contributed by atoms with van der Waals surface area (Å²) in [6.07, 6.45) is 3.16. The SMILES string of the molecule is CCc1cc(=O)oc2cc(OC(=O)C3CCC(CNC(=O)OC(C)(C)C)CC3)c(Cl)cc12. The fourth-order valence-corrected chi connectivity index (χ4v) is 4.14. The average Bonchev–Trinajstić information content (AvgIpc) is 2.71. The predicted molar refractivity (Wildman–Crippen MR) is 122 cm³/mol. The molecule has 1 aromatic carbocycles. The minimum atomic E-state index is -0.532. The number of fused-ring (bicyclic) bond motifs is 1. The van der Waals surface area contributed by atoms with Crippen LogP contribution in [-0.2, 0) is 16.0 Å². The van der Waals surface area contributed by atoms with E-state index in [-0.39, 0.29) is 23.6 Å². The zero-order chi connectivity index (χ0) is 23.5. The number of alkyl carbamates (subject to hydrolysis) is 1. The molecule has 0 saturated heterocycles. The summed E-state index contributed by atoms with van der Waals surface area (Å²) in [6.45, 7) is 7.92. The second kappa shape index (κ2) is 9.94. The molecule has 0 unspecified atom stereocenters. The quantitative estimate of drug-likeness (QED) is 0.370. The maximum Gasteiger partial charge on any atom is 0.407 e. The maximum atomic E-state index is 12.7. The molecule has 0 radical (unpaired) electrons. The van der Waals surface area contributed by atoms with Gasteiger partial charge in [-0.3, -0.25) is 4.79 Å². The van der Waals surface area contributed by atoms with Crippen LogP contribution in [0.4, 0.5) is 4.79 Å². The predicted octanol–water partition coefficient (Wildman–Crippen LogP) is 5.25. The summed E-state index contributed by atoms with van der Waals surface area (Å²) in [5, 5.41) is 3.83. The van der Waals surface area contributed by atoms with Crippen LogP contribution in [0.25, 0.3) is 11.0 Å². The molecule has 7 nitrogen and oxygen atoms in total. The number of hydrogen-bond donors (Lipinski definition) is 1. The van der Waals surface area contributed by atoms with Gasteiger partial charge in [0.2, 0.25) is 0 Å². The molecule has 0 aliphatic heterocycles. The fraction of sp³-hybridized carbons (Fsp3) is 0.542. The van der Waals surface area contributed by atoms with Crippen LogP contribution in [0.3, 0.4) is 0 Å². The van der Waals surface area contributed by atoms with E-state index in [1.165, 1.54) is 12.1 Å². The first-order chi connectivity index (χ1) is 15.1. The lowest BCUT2D eigenvalue weighted by Crippen LogP contribution is -2.36. The molecule has 0 atom stereocenters. The van der Waals surface area contributed by atoms with E-state index in [1.54, 1.807) is 6.07 Å². The molecule has 1 N–H and O–H groups in total. The van der Waals surface area contributed by atoms with E-state index in [0.29, 0.717) is 36.4 Å². The van der Waals surface area contributed by atoms with Crippen molar-refractivity contribution < 1.29 is 23.5 Å². The van der Waals surface area contributed by atoms with Crippen LogP contribution in [-0.4, -0.2) is 24.2 Å². The first kappa shape index (κ1) is 24.1. The van der Waals surface area contributed by atoms with Crippen molar-refractivity contribution in [1.82, 2.24) is 5.32 Å². The molecule has 0 bridgehead atoms. The Kier molecular flexibility index (Phi) is 7.49. The van der Waals surface area contributed by atoms with E-state index in [1.807, 2.05) is 27.7 Å². The van der Waals surface area contributed by atoms with Crippen molar-refractivity contribution in [3.63, 3.8) is 0 Å². The van der Waals surface area contributed by atoms with Crippen LogP contribution in [0.1, 0.15) is 58.9 Å². The highest BCUT2D eigenvalue weighted by molar-refractivity contribution is 6.33. The van der Waals surface area contributed by atoms with Gasteiger partial charge in [0.25, 0.3) is 0 Å². The summed E-state index contributed by atoms with van der Waals surface area (Å²) in [5.74, 6) is -0.112. The van der Waals surface area contributed by atoms with Gasteiger partial charge >= 0.3 is 17.7 Å². The Morgan fingerprint density at radius 3 is 2.47 bits per heavy atom. The number of aryl methyl sites for hydroxylation is 1. The minimum absolute atomic E-state index is 0.189. The number of carbonyl (C=O) groups is 2. The summed E-state index contributed by atoms with van der Waals surface area (Å²) in [5.41, 5.74) is 0.191. The van der Waals surface area contributed by atoms with Crippen LogP contribution < -0.4 is 15.7 Å². The Bertz CT molecular complexity index is 1050. The van der Waals surface area contributed by atoms with E-state index in [4.69, 9.17) is 25.5 Å². The molecule has 1 heterocycles. The van der Waals surface area contributed by atoms with Crippen molar-refractivity contribution in [1.29, 1.82) is 0 Å². The van der Waals surface area contributed by atoms with Gasteiger partial charge < -0.3 is 19.2 Å². The number of esters is 1. The highest BCUT2D eigenvalue weighted by Gasteiger charge is 2.29. The first-order valence-electron chi connectivity index (χ1n) is 11.0. The van der Waals surface area contributed by atoms with E-state index in [9.17, 15) is 14.4 Å². The molecule has 1 amide bonds. The van der Waals surface area contributed by atoms with Gasteiger partial charge in [-0.1, -0.05) is 18.5 Å². The molecular formula is C24H30ClNO6. The highest BCUT2D eigenvalue weighted by Crippen LogP contribution is 2.34. The van der Waals surface area contributed by atoms with Crippen LogP contribution in [0, 0.1) is 11.8 Å². The van der Waals surface area contributed by atoms with Gasteiger partial charge in [-0.15, -0.1) is 0 Å². The second-order valence-corrected chi connectivity index (χ2v) is 9.65. The number of nitrogens with one attached hydrogen (secondary N) is 1. The Balaban J connectivity index is 1.57. The molecule has 0 spiro atoms. The number of carbonyl (C=O) groups excluding carboxylic acids is 2. The van der Waals surface area contributed by atoms with Crippen LogP contribution in [0.15, 0.2) is 27.4 Å². The summed E-state index contributed by atoms with van der Waals surface area (Å²) in [6, 6.07) is 4.62. The maximum absolute atomic E-state index is 12.7. The third-order valence-electron chi connectivity index (χ3n) is 5.59. The highest BCUT2D eigenvalue weighted by atomic mass is 35.5. The lowest BCUT2D eigenvalue weighted by molar-refractivity contribution is -0.140. The minimum Gasteiger partial charge on any atom is -0.444 e. The third kappa shape index (κ3) is 6.25. The van der Waals surface area contributed by atoms with Crippen molar-refractivity contribution in [2.75, 3.05) is 6.54 Å². The lowest BCUT2D eigenvalue weighted by atomic mass is 9.82. The number of hydrogen-bond acceptors (Lipinski definition) is 6. The van der Waals surface area contributed by atoms with Crippen molar-refractivity contribution in [2.45, 2.75) is 65.4 Å². The van der Waals surface area contributed by atoms with E-state index in [2.05, 4.69) is 5.32 Å². The van der Waals surface area contributed by atoms with Gasteiger partial charge in [0.1, 0.15) is 11.2 Å². The molecule has 1 aromatic heterocycles. The molecule has 1 aliphatic carbocycles. The number of ether oxygens (including phenoxy) is 2. The van der Waals surface area contributed by atoms with Crippen LogP contribution >= 0.6 is 11.6 Å². The largest absolute Gasteiger partial charge is 0.444 e. The van der Waals surface area contributed by atoms with E-state index in [0.717, 1.165) is 23.8 Å². The number of halogens is 1. The monoisotopic (exact) mass is 463 g/mol. The normalized spacial score (nSPS) is 18.9. The van der Waals surface area contributed by atoms with E-state index < -0.39 is 17.3 Å². The molecular weight excluding hydrogens is 434 g/mol. The third-order valence-corrected chi connectivity index (χ3v) is 5.88. The topological polar surface area (TPSA) is 94.8 Å². The van der Waals surface area contributed by atoms with Crippen molar-refractivity contribution in [2.24, 2.45) is 11.8 Å². The molecule has 8 heteroatoms. The van der Waals surface area contributed by atoms with Gasteiger partial charge in [-0.25, -0.2) is 9.59 Å². The molecule has 2 aromatic rings. The zero-order valence-corrected chi connectivity index (χ0v) is 19.7. The van der Waals surface area contributed by atoms with Gasteiger partial charge in [0.05, 0.1) is 10.9 Å². The lowest BCUT2D eigenvalue weighted by Gasteiger charge is -2.28. The standard InChI is InChI=1S/C24H30ClNO6/c1-5-15-10-21(27)30-19-12-20(18(25)11-17(15)19)31-22(28)16-8-6-14(7-9-16)13-26-23(29)32-24(2,3)4/h10-12,14,16H,5-9,13H2,1-4H3,(H,26,29). The second-order valence-electron chi connectivity index (χ2n) is 9.24. The van der Waals surface area contributed by atoms with Crippen LogP contribution in [0.5, 0.6) is 5.75 Å².